The molecule has 3 aromatic rings. The molecular formula is C15H13F4N7O. The highest BCUT2D eigenvalue weighted by Gasteiger charge is 2.28. The molecule has 0 saturated heterocycles. The zero-order valence-corrected chi connectivity index (χ0v) is 13.8. The number of pyridine rings is 1. The van der Waals surface area contributed by atoms with Gasteiger partial charge in [-0.3, -0.25) is 4.79 Å². The maximum absolute atomic E-state index is 13.4. The summed E-state index contributed by atoms with van der Waals surface area (Å²) in [6, 6.07) is 0.254. The van der Waals surface area contributed by atoms with E-state index in [1.165, 1.54) is 25.4 Å². The summed E-state index contributed by atoms with van der Waals surface area (Å²) in [5.41, 5.74) is 0.857. The van der Waals surface area contributed by atoms with E-state index in [4.69, 9.17) is 0 Å². The van der Waals surface area contributed by atoms with Crippen LogP contribution in [0.4, 0.5) is 23.4 Å². The fourth-order valence-electron chi connectivity index (χ4n) is 2.28. The average Bonchev–Trinajstić information content (AvgIpc) is 3.02. The molecule has 0 bridgehead atoms. The Labute approximate surface area is 149 Å². The molecule has 3 rings (SSSR count). The van der Waals surface area contributed by atoms with Gasteiger partial charge in [-0.25, -0.2) is 14.4 Å². The van der Waals surface area contributed by atoms with Crippen molar-refractivity contribution in [1.29, 1.82) is 0 Å². The molecule has 12 heteroatoms. The van der Waals surface area contributed by atoms with Crippen molar-refractivity contribution >= 4 is 22.8 Å². The Morgan fingerprint density at radius 2 is 2.11 bits per heavy atom. The molecular weight excluding hydrogens is 370 g/mol. The number of H-pyrrole nitrogens is 1. The second-order valence-corrected chi connectivity index (χ2v) is 5.62. The van der Waals surface area contributed by atoms with Gasteiger partial charge < -0.3 is 15.6 Å². The van der Waals surface area contributed by atoms with Crippen molar-refractivity contribution in [2.75, 3.05) is 11.9 Å². The van der Waals surface area contributed by atoms with Gasteiger partial charge in [0.15, 0.2) is 5.82 Å². The van der Waals surface area contributed by atoms with Crippen LogP contribution in [0.3, 0.4) is 0 Å². The highest BCUT2D eigenvalue weighted by atomic mass is 19.4. The smallest absolute Gasteiger partial charge is 0.357 e. The second kappa shape index (κ2) is 7.13. The Morgan fingerprint density at radius 3 is 2.85 bits per heavy atom. The molecule has 0 radical (unpaired) electrons. The zero-order valence-electron chi connectivity index (χ0n) is 13.8. The topological polar surface area (TPSA) is 108 Å². The predicted molar refractivity (Wildman–Crippen MR) is 87.0 cm³/mol. The van der Waals surface area contributed by atoms with Crippen molar-refractivity contribution in [3.63, 3.8) is 0 Å². The van der Waals surface area contributed by atoms with Crippen molar-refractivity contribution in [3.8, 4) is 11.4 Å². The van der Waals surface area contributed by atoms with Crippen LogP contribution < -0.4 is 10.6 Å². The van der Waals surface area contributed by atoms with E-state index in [0.29, 0.717) is 16.6 Å². The lowest BCUT2D eigenvalue weighted by molar-refractivity contribution is -0.138. The quantitative estimate of drug-likeness (QED) is 0.582. The molecule has 1 unspecified atom stereocenters. The Balaban J connectivity index is 1.77. The number of amides is 1. The van der Waals surface area contributed by atoms with Gasteiger partial charge in [-0.2, -0.15) is 18.3 Å². The summed E-state index contributed by atoms with van der Waals surface area (Å²) in [4.78, 5) is 22.6. The standard InChI is InChI=1S/C15H13F4N7O/c1-7(14(27)22-6-15(17,18)19)24-11-5-23-26-13(25-11)10-4-21-12-9(10)2-8(16)3-20-12/h2-5,7H,6H2,1H3,(H,20,21)(H,22,27)(H,24,25,26). The molecule has 0 saturated carbocycles. The first-order valence-corrected chi connectivity index (χ1v) is 7.66. The zero-order chi connectivity index (χ0) is 19.6. The van der Waals surface area contributed by atoms with Crippen molar-refractivity contribution in [2.24, 2.45) is 0 Å². The minimum atomic E-state index is -4.50. The number of anilines is 1. The Hall–Kier alpha value is -3.31. The number of hydrogen-bond donors (Lipinski definition) is 3. The van der Waals surface area contributed by atoms with Crippen molar-refractivity contribution in [2.45, 2.75) is 19.1 Å². The molecule has 0 spiro atoms. The number of aromatic amines is 1. The number of nitrogens with one attached hydrogen (secondary N) is 3. The number of carbonyl (C=O) groups is 1. The van der Waals surface area contributed by atoms with Crippen LogP contribution in [0.1, 0.15) is 6.92 Å². The summed E-state index contributed by atoms with van der Waals surface area (Å²) in [6.45, 7) is -0.0580. The Bertz CT molecular complexity index is 972. The number of carbonyl (C=O) groups excluding carboxylic acids is 1. The van der Waals surface area contributed by atoms with E-state index in [9.17, 15) is 22.4 Å². The van der Waals surface area contributed by atoms with Crippen LogP contribution in [0, 0.1) is 5.82 Å². The molecule has 0 aliphatic heterocycles. The van der Waals surface area contributed by atoms with Crippen LogP contribution in [-0.4, -0.2) is 49.8 Å². The molecule has 0 aromatic carbocycles. The number of hydrogen-bond acceptors (Lipinski definition) is 6. The largest absolute Gasteiger partial charge is 0.405 e. The van der Waals surface area contributed by atoms with Crippen LogP contribution >= 0.6 is 0 Å². The summed E-state index contributed by atoms with van der Waals surface area (Å²) < 4.78 is 50.0. The highest BCUT2D eigenvalue weighted by molar-refractivity contribution is 5.91. The number of rotatable bonds is 5. The van der Waals surface area contributed by atoms with Crippen molar-refractivity contribution < 1.29 is 22.4 Å². The lowest BCUT2D eigenvalue weighted by atomic mass is 10.2. The molecule has 1 atom stereocenters. The van der Waals surface area contributed by atoms with Crippen LogP contribution in [0.15, 0.2) is 24.7 Å². The van der Waals surface area contributed by atoms with Gasteiger partial charge in [0.25, 0.3) is 0 Å². The lowest BCUT2D eigenvalue weighted by Gasteiger charge is -2.15. The third-order valence-electron chi connectivity index (χ3n) is 3.52. The molecule has 0 fully saturated rings. The number of nitrogens with zero attached hydrogens (tertiary/aromatic N) is 4. The van der Waals surface area contributed by atoms with E-state index in [-0.39, 0.29) is 11.6 Å². The minimum Gasteiger partial charge on any atom is -0.357 e. The summed E-state index contributed by atoms with van der Waals surface area (Å²) in [5.74, 6) is -1.15. The van der Waals surface area contributed by atoms with Crippen molar-refractivity contribution in [3.05, 3.63) is 30.5 Å². The fourth-order valence-corrected chi connectivity index (χ4v) is 2.28. The first kappa shape index (κ1) is 18.5. The van der Waals surface area contributed by atoms with Gasteiger partial charge in [0, 0.05) is 17.1 Å². The molecule has 1 amide bonds. The average molecular weight is 383 g/mol. The minimum absolute atomic E-state index is 0.119. The van der Waals surface area contributed by atoms with Gasteiger partial charge in [-0.1, -0.05) is 0 Å². The SMILES string of the molecule is CC(Nc1cnnc(-c2c[nH]c3ncc(F)cc23)n1)C(=O)NCC(F)(F)F. The highest BCUT2D eigenvalue weighted by Crippen LogP contribution is 2.25. The van der Waals surface area contributed by atoms with Crippen LogP contribution in [0.25, 0.3) is 22.4 Å². The fraction of sp³-hybridized carbons (Fsp3) is 0.267. The maximum atomic E-state index is 13.4. The third kappa shape index (κ3) is 4.46. The number of alkyl halides is 3. The molecule has 0 aliphatic carbocycles. The molecule has 3 N–H and O–H groups in total. The van der Waals surface area contributed by atoms with E-state index < -0.39 is 30.5 Å². The van der Waals surface area contributed by atoms with Gasteiger partial charge in [-0.05, 0) is 13.0 Å². The van der Waals surface area contributed by atoms with Gasteiger partial charge in [0.05, 0.1) is 12.4 Å². The molecule has 3 aromatic heterocycles. The van der Waals surface area contributed by atoms with E-state index >= 15 is 0 Å². The third-order valence-corrected chi connectivity index (χ3v) is 3.52. The van der Waals surface area contributed by atoms with Gasteiger partial charge in [0.1, 0.15) is 29.9 Å². The normalized spacial score (nSPS) is 12.8. The number of aromatic nitrogens is 5. The van der Waals surface area contributed by atoms with Gasteiger partial charge in [0.2, 0.25) is 5.91 Å². The van der Waals surface area contributed by atoms with Crippen LogP contribution in [0.2, 0.25) is 0 Å². The molecule has 142 valence electrons. The lowest BCUT2D eigenvalue weighted by Crippen LogP contribution is -2.42. The Kier molecular flexibility index (Phi) is 4.88. The van der Waals surface area contributed by atoms with Crippen molar-refractivity contribution in [1.82, 2.24) is 30.5 Å². The van der Waals surface area contributed by atoms with E-state index in [1.54, 1.807) is 5.32 Å². The summed E-state index contributed by atoms with van der Waals surface area (Å²) in [7, 11) is 0. The summed E-state index contributed by atoms with van der Waals surface area (Å²) in [6.07, 6.45) is -0.708. The first-order chi connectivity index (χ1) is 12.7. The number of fused-ring (bicyclic) bond motifs is 1. The Morgan fingerprint density at radius 1 is 1.33 bits per heavy atom. The number of halogens is 4. The summed E-state index contributed by atoms with van der Waals surface area (Å²) in [5, 5.41) is 12.5. The monoisotopic (exact) mass is 383 g/mol. The first-order valence-electron chi connectivity index (χ1n) is 7.66. The molecule has 0 aliphatic rings. The molecule has 3 heterocycles. The van der Waals surface area contributed by atoms with E-state index in [1.807, 2.05) is 0 Å². The summed E-state index contributed by atoms with van der Waals surface area (Å²) >= 11 is 0. The van der Waals surface area contributed by atoms with E-state index in [2.05, 4.69) is 30.5 Å². The van der Waals surface area contributed by atoms with Gasteiger partial charge in [-0.15, -0.1) is 5.10 Å². The van der Waals surface area contributed by atoms with Gasteiger partial charge >= 0.3 is 6.18 Å². The van der Waals surface area contributed by atoms with Crippen LogP contribution in [-0.2, 0) is 4.79 Å². The predicted octanol–water partition coefficient (Wildman–Crippen LogP) is 2.03. The second-order valence-electron chi connectivity index (χ2n) is 5.62. The van der Waals surface area contributed by atoms with Crippen LogP contribution in [0.5, 0.6) is 0 Å². The van der Waals surface area contributed by atoms with E-state index in [0.717, 1.165) is 6.20 Å². The molecule has 27 heavy (non-hydrogen) atoms. The molecule has 8 nitrogen and oxygen atoms in total. The maximum Gasteiger partial charge on any atom is 0.405 e.